The van der Waals surface area contributed by atoms with Gasteiger partial charge >= 0.3 is 0 Å². The lowest BCUT2D eigenvalue weighted by molar-refractivity contribution is 0.391. The zero-order valence-corrected chi connectivity index (χ0v) is 11.3. The molecule has 0 aromatic heterocycles. The molecule has 0 fully saturated rings. The molecule has 4 nitrogen and oxygen atoms in total. The van der Waals surface area contributed by atoms with Gasteiger partial charge in [-0.3, -0.25) is 4.18 Å². The van der Waals surface area contributed by atoms with Gasteiger partial charge in [-0.1, -0.05) is 29.3 Å². The van der Waals surface area contributed by atoms with Crippen molar-refractivity contribution in [3.63, 3.8) is 0 Å². The molecule has 0 saturated carbocycles. The highest BCUT2D eigenvalue weighted by atomic mass is 35.5. The molecule has 0 heterocycles. The molecule has 1 aromatic carbocycles. The van der Waals surface area contributed by atoms with Crippen LogP contribution in [-0.4, -0.2) is 28.0 Å². The van der Waals surface area contributed by atoms with E-state index in [0.717, 1.165) is 4.41 Å². The van der Waals surface area contributed by atoms with E-state index in [1.54, 1.807) is 0 Å². The molecule has 0 aliphatic heterocycles. The van der Waals surface area contributed by atoms with Gasteiger partial charge in [0.15, 0.2) is 5.17 Å². The summed E-state index contributed by atoms with van der Waals surface area (Å²) in [6.45, 7) is 0. The molecule has 0 bridgehead atoms. The van der Waals surface area contributed by atoms with Crippen molar-refractivity contribution in [3.05, 3.63) is 34.6 Å². The highest BCUT2D eigenvalue weighted by molar-refractivity contribution is 7.77. The maximum Gasteiger partial charge on any atom is 0.280 e. The average Bonchev–Trinajstić information content (AvgIpc) is 2.27. The molecular weight excluding hydrogens is 290 g/mol. The molecule has 0 aliphatic rings. The van der Waals surface area contributed by atoms with Crippen molar-refractivity contribution in [2.45, 2.75) is 0 Å². The topological polar surface area (TPSA) is 41.9 Å². The fourth-order valence-electron chi connectivity index (χ4n) is 1.01. The summed E-state index contributed by atoms with van der Waals surface area (Å²) < 4.78 is 30.1. The minimum absolute atomic E-state index is 0.0456. The van der Waals surface area contributed by atoms with Crippen molar-refractivity contribution >= 4 is 39.6 Å². The van der Waals surface area contributed by atoms with Gasteiger partial charge in [-0.2, -0.15) is 9.52 Å². The van der Waals surface area contributed by atoms with Crippen LogP contribution in [0.15, 0.2) is 23.3 Å². The van der Waals surface area contributed by atoms with Crippen LogP contribution in [-0.2, 0) is 15.4 Å². The fraction of sp³-hybridized carbons (Fsp3) is 0.222. The first-order valence-corrected chi connectivity index (χ1v) is 6.14. The Bertz CT molecular complexity index is 450. The average molecular weight is 299 g/mol. The zero-order valence-electron chi connectivity index (χ0n) is 8.99. The van der Waals surface area contributed by atoms with E-state index < -0.39 is 17.1 Å². The van der Waals surface area contributed by atoms with Gasteiger partial charge in [0.05, 0.1) is 17.7 Å². The van der Waals surface area contributed by atoms with Crippen molar-refractivity contribution in [2.24, 2.45) is 5.10 Å². The third-order valence-corrected chi connectivity index (χ3v) is 3.13. The van der Waals surface area contributed by atoms with Crippen LogP contribution in [0.3, 0.4) is 0 Å². The number of rotatable bonds is 4. The van der Waals surface area contributed by atoms with Gasteiger partial charge in [-0.15, -0.1) is 0 Å². The summed E-state index contributed by atoms with van der Waals surface area (Å²) in [5.41, 5.74) is -0.0456. The molecule has 94 valence electrons. The minimum Gasteiger partial charge on any atom is -0.276 e. The number of hydrogen-bond donors (Lipinski definition) is 0. The Morgan fingerprint density at radius 1 is 1.59 bits per heavy atom. The molecular formula is C9H9Cl2FN2O2S. The van der Waals surface area contributed by atoms with Gasteiger partial charge in [-0.25, -0.2) is 8.60 Å². The van der Waals surface area contributed by atoms with E-state index in [0.29, 0.717) is 0 Å². The van der Waals surface area contributed by atoms with Crippen LogP contribution >= 0.6 is 23.2 Å². The van der Waals surface area contributed by atoms with E-state index in [1.807, 2.05) is 0 Å². The quantitative estimate of drug-likeness (QED) is 0.633. The predicted molar refractivity (Wildman–Crippen MR) is 66.7 cm³/mol. The monoisotopic (exact) mass is 298 g/mol. The second-order valence-corrected chi connectivity index (χ2v) is 4.90. The Morgan fingerprint density at radius 3 is 2.76 bits per heavy atom. The van der Waals surface area contributed by atoms with E-state index in [1.165, 1.54) is 32.4 Å². The lowest BCUT2D eigenvalue weighted by Crippen LogP contribution is -2.17. The highest BCUT2D eigenvalue weighted by Crippen LogP contribution is 2.21. The predicted octanol–water partition coefficient (Wildman–Crippen LogP) is 2.54. The van der Waals surface area contributed by atoms with Gasteiger partial charge in [0, 0.05) is 7.05 Å². The molecule has 1 atom stereocenters. The first-order valence-electron chi connectivity index (χ1n) is 4.36. The van der Waals surface area contributed by atoms with Gasteiger partial charge < -0.3 is 0 Å². The number of halogens is 3. The lowest BCUT2D eigenvalue weighted by atomic mass is 10.2. The van der Waals surface area contributed by atoms with Gasteiger partial charge in [0.2, 0.25) is 0 Å². The SMILES string of the molecule is COS(=O)N(C)N=C(Cl)c1c(F)cccc1Cl. The molecule has 17 heavy (non-hydrogen) atoms. The van der Waals surface area contributed by atoms with Crippen LogP contribution in [0.25, 0.3) is 0 Å². The van der Waals surface area contributed by atoms with Crippen LogP contribution in [0.4, 0.5) is 4.39 Å². The molecule has 1 unspecified atom stereocenters. The van der Waals surface area contributed by atoms with Gasteiger partial charge in [0.1, 0.15) is 5.82 Å². The summed E-state index contributed by atoms with van der Waals surface area (Å²) in [5.74, 6) is -0.608. The smallest absolute Gasteiger partial charge is 0.276 e. The molecule has 0 aliphatic carbocycles. The first-order chi connectivity index (χ1) is 7.97. The van der Waals surface area contributed by atoms with Crippen molar-refractivity contribution in [1.82, 2.24) is 4.41 Å². The van der Waals surface area contributed by atoms with Gasteiger partial charge in [0.25, 0.3) is 11.3 Å². The second-order valence-electron chi connectivity index (χ2n) is 2.84. The lowest BCUT2D eigenvalue weighted by Gasteiger charge is -2.10. The van der Waals surface area contributed by atoms with Crippen LogP contribution in [0.2, 0.25) is 5.02 Å². The number of hydrogen-bond acceptors (Lipinski definition) is 3. The van der Waals surface area contributed by atoms with E-state index >= 15 is 0 Å². The van der Waals surface area contributed by atoms with E-state index in [-0.39, 0.29) is 15.8 Å². The molecule has 0 spiro atoms. The highest BCUT2D eigenvalue weighted by Gasteiger charge is 2.14. The summed E-state index contributed by atoms with van der Waals surface area (Å²) in [5, 5.41) is 3.62. The Kier molecular flexibility index (Phi) is 5.32. The minimum atomic E-state index is -1.78. The van der Waals surface area contributed by atoms with Crippen LogP contribution in [0.1, 0.15) is 5.56 Å². The van der Waals surface area contributed by atoms with Gasteiger partial charge in [-0.05, 0) is 12.1 Å². The van der Waals surface area contributed by atoms with Crippen LogP contribution < -0.4 is 0 Å². The maximum absolute atomic E-state index is 13.5. The summed E-state index contributed by atoms with van der Waals surface area (Å²) >= 11 is 9.81. The third kappa shape index (κ3) is 3.64. The summed E-state index contributed by atoms with van der Waals surface area (Å²) in [6.07, 6.45) is 0. The summed E-state index contributed by atoms with van der Waals surface area (Å²) in [4.78, 5) is 0. The van der Waals surface area contributed by atoms with Crippen molar-refractivity contribution < 1.29 is 12.8 Å². The van der Waals surface area contributed by atoms with Crippen LogP contribution in [0.5, 0.6) is 0 Å². The Morgan fingerprint density at radius 2 is 2.24 bits per heavy atom. The molecule has 0 saturated heterocycles. The number of nitrogens with zero attached hydrogens (tertiary/aromatic N) is 2. The standard InChI is InChI=1S/C9H9Cl2FN2O2S/c1-14(17(15)16-2)13-9(11)8-6(10)4-3-5-7(8)12/h3-5H,1-2H3. The zero-order chi connectivity index (χ0) is 13.0. The number of hydrazone groups is 1. The summed E-state index contributed by atoms with van der Waals surface area (Å²) in [7, 11) is 2.61. The number of benzene rings is 1. The molecule has 1 rings (SSSR count). The van der Waals surface area contributed by atoms with E-state index in [9.17, 15) is 8.60 Å². The van der Waals surface area contributed by atoms with Crippen molar-refractivity contribution in [3.8, 4) is 0 Å². The van der Waals surface area contributed by atoms with E-state index in [4.69, 9.17) is 23.2 Å². The molecule has 0 N–H and O–H groups in total. The third-order valence-electron chi connectivity index (χ3n) is 1.76. The Hall–Kier alpha value is -0.690. The Balaban J connectivity index is 3.08. The van der Waals surface area contributed by atoms with Crippen molar-refractivity contribution in [2.75, 3.05) is 14.2 Å². The molecule has 8 heteroatoms. The van der Waals surface area contributed by atoms with E-state index in [2.05, 4.69) is 9.28 Å². The maximum atomic E-state index is 13.5. The molecule has 0 radical (unpaired) electrons. The van der Waals surface area contributed by atoms with Crippen LogP contribution in [0, 0.1) is 5.82 Å². The Labute approximate surface area is 111 Å². The molecule has 0 amide bonds. The second kappa shape index (κ2) is 6.30. The van der Waals surface area contributed by atoms with Crippen molar-refractivity contribution in [1.29, 1.82) is 0 Å². The molecule has 1 aromatic rings. The fourth-order valence-corrected chi connectivity index (χ4v) is 2.02. The first kappa shape index (κ1) is 14.4. The summed E-state index contributed by atoms with van der Waals surface area (Å²) in [6, 6.07) is 4.12. The normalized spacial score (nSPS) is 13.6. The largest absolute Gasteiger partial charge is 0.280 e.